The number of halogens is 3. The highest BCUT2D eigenvalue weighted by Crippen LogP contribution is 2.32. The van der Waals surface area contributed by atoms with Gasteiger partial charge in [0.15, 0.2) is 0 Å². The summed E-state index contributed by atoms with van der Waals surface area (Å²) in [6.07, 6.45) is -4.40. The molecule has 4 aromatic rings. The number of fused-ring (bicyclic) bond motifs is 1. The number of carbonyl (C=O) groups excluding carboxylic acids is 1. The van der Waals surface area contributed by atoms with E-state index in [2.05, 4.69) is 34.5 Å². The molecular weight excluding hydrogens is 437 g/mol. The number of benzene rings is 4. The number of carbonyl (C=O) groups is 1. The van der Waals surface area contributed by atoms with Gasteiger partial charge in [0.05, 0.1) is 5.56 Å². The fourth-order valence-electron chi connectivity index (χ4n) is 3.98. The molecule has 0 atom stereocenters. The Labute approximate surface area is 196 Å². The van der Waals surface area contributed by atoms with Crippen LogP contribution in [-0.2, 0) is 19.3 Å². The lowest BCUT2D eigenvalue weighted by Gasteiger charge is -2.13. The summed E-state index contributed by atoms with van der Waals surface area (Å²) in [5.74, 6) is -0.239. The van der Waals surface area contributed by atoms with Crippen molar-refractivity contribution in [3.05, 3.63) is 107 Å². The van der Waals surface area contributed by atoms with Crippen molar-refractivity contribution < 1.29 is 18.0 Å². The zero-order valence-electron chi connectivity index (χ0n) is 19.0. The Balaban J connectivity index is 1.46. The highest BCUT2D eigenvalue weighted by molar-refractivity contribution is 5.95. The van der Waals surface area contributed by atoms with E-state index in [4.69, 9.17) is 0 Å². The van der Waals surface area contributed by atoms with E-state index in [9.17, 15) is 18.0 Å². The number of nitrogens with one attached hydrogen (secondary N) is 1. The zero-order chi connectivity index (χ0) is 24.3. The molecule has 0 unspecified atom stereocenters. The molecule has 1 amide bonds. The van der Waals surface area contributed by atoms with Gasteiger partial charge in [0.1, 0.15) is 0 Å². The van der Waals surface area contributed by atoms with Crippen molar-refractivity contribution in [1.29, 1.82) is 0 Å². The summed E-state index contributed by atoms with van der Waals surface area (Å²) in [6, 6.07) is 24.1. The summed E-state index contributed by atoms with van der Waals surface area (Å²) >= 11 is 0. The second-order valence-electron chi connectivity index (χ2n) is 8.55. The average Bonchev–Trinajstić information content (AvgIpc) is 2.81. The van der Waals surface area contributed by atoms with E-state index in [-0.39, 0.29) is 5.91 Å². The molecule has 6 heteroatoms. The highest BCUT2D eigenvalue weighted by atomic mass is 19.4. The molecule has 0 aliphatic rings. The molecule has 4 rings (SSSR count). The van der Waals surface area contributed by atoms with E-state index in [0.29, 0.717) is 23.2 Å². The minimum atomic E-state index is -4.40. The monoisotopic (exact) mass is 462 g/mol. The minimum absolute atomic E-state index is 0.239. The fraction of sp³-hybridized carbons (Fsp3) is 0.179. The maximum absolute atomic E-state index is 13.0. The van der Waals surface area contributed by atoms with Crippen LogP contribution in [0, 0.1) is 0 Å². The van der Waals surface area contributed by atoms with Crippen LogP contribution in [0.15, 0.2) is 84.9 Å². The molecule has 0 saturated heterocycles. The molecule has 1 N–H and O–H groups in total. The van der Waals surface area contributed by atoms with E-state index in [1.807, 2.05) is 26.2 Å². The van der Waals surface area contributed by atoms with Gasteiger partial charge in [0, 0.05) is 18.7 Å². The molecule has 4 aromatic carbocycles. The Morgan fingerprint density at radius 2 is 1.59 bits per heavy atom. The van der Waals surface area contributed by atoms with Gasteiger partial charge in [0.2, 0.25) is 0 Å². The SMILES string of the molecule is CN(C)Cc1ccc2c(CNC(=O)c3ccc(-c4cccc(C(F)(F)F)c4)cc3)cccc2c1. The average molecular weight is 463 g/mol. The molecule has 0 saturated carbocycles. The van der Waals surface area contributed by atoms with E-state index < -0.39 is 11.7 Å². The Bertz CT molecular complexity index is 1310. The van der Waals surface area contributed by atoms with E-state index in [0.717, 1.165) is 35.0 Å². The minimum Gasteiger partial charge on any atom is -0.348 e. The second kappa shape index (κ2) is 9.69. The van der Waals surface area contributed by atoms with Gasteiger partial charge in [-0.2, -0.15) is 13.2 Å². The first-order valence-corrected chi connectivity index (χ1v) is 10.9. The molecule has 0 aromatic heterocycles. The first-order chi connectivity index (χ1) is 16.2. The molecule has 3 nitrogen and oxygen atoms in total. The molecule has 0 aliphatic carbocycles. The number of nitrogens with zero attached hydrogens (tertiary/aromatic N) is 1. The van der Waals surface area contributed by atoms with E-state index in [1.54, 1.807) is 30.3 Å². The second-order valence-corrected chi connectivity index (χ2v) is 8.55. The number of rotatable bonds is 6. The third-order valence-electron chi connectivity index (χ3n) is 5.64. The third-order valence-corrected chi connectivity index (χ3v) is 5.64. The van der Waals surface area contributed by atoms with E-state index >= 15 is 0 Å². The van der Waals surface area contributed by atoms with Gasteiger partial charge in [-0.25, -0.2) is 0 Å². The summed E-state index contributed by atoms with van der Waals surface area (Å²) in [6.45, 7) is 1.23. The lowest BCUT2D eigenvalue weighted by molar-refractivity contribution is -0.137. The van der Waals surface area contributed by atoms with Crippen LogP contribution < -0.4 is 5.32 Å². The van der Waals surface area contributed by atoms with Gasteiger partial charge in [-0.05, 0) is 77.5 Å². The molecule has 0 aliphatic heterocycles. The maximum Gasteiger partial charge on any atom is 0.416 e. The summed E-state index contributed by atoms with van der Waals surface area (Å²) in [5.41, 5.74) is 3.05. The quantitative estimate of drug-likeness (QED) is 0.354. The van der Waals surface area contributed by atoms with Gasteiger partial charge in [-0.15, -0.1) is 0 Å². The Morgan fingerprint density at radius 1 is 0.853 bits per heavy atom. The Hall–Kier alpha value is -3.64. The van der Waals surface area contributed by atoms with Crippen molar-refractivity contribution in [1.82, 2.24) is 10.2 Å². The Kier molecular flexibility index (Phi) is 6.70. The highest BCUT2D eigenvalue weighted by Gasteiger charge is 2.30. The van der Waals surface area contributed by atoms with Crippen molar-refractivity contribution in [2.45, 2.75) is 19.3 Å². The van der Waals surface area contributed by atoms with Crippen LogP contribution >= 0.6 is 0 Å². The summed E-state index contributed by atoms with van der Waals surface area (Å²) < 4.78 is 39.0. The van der Waals surface area contributed by atoms with Gasteiger partial charge < -0.3 is 10.2 Å². The van der Waals surface area contributed by atoms with Crippen molar-refractivity contribution >= 4 is 16.7 Å². The smallest absolute Gasteiger partial charge is 0.348 e. The molecule has 0 radical (unpaired) electrons. The number of hydrogen-bond donors (Lipinski definition) is 1. The molecule has 0 spiro atoms. The molecule has 34 heavy (non-hydrogen) atoms. The number of alkyl halides is 3. The lowest BCUT2D eigenvalue weighted by Crippen LogP contribution is -2.22. The van der Waals surface area contributed by atoms with Crippen molar-refractivity contribution in [2.24, 2.45) is 0 Å². The van der Waals surface area contributed by atoms with Crippen molar-refractivity contribution in [3.8, 4) is 11.1 Å². The van der Waals surface area contributed by atoms with Crippen LogP contribution in [0.4, 0.5) is 13.2 Å². The summed E-state index contributed by atoms with van der Waals surface area (Å²) in [4.78, 5) is 14.8. The van der Waals surface area contributed by atoms with Gasteiger partial charge >= 0.3 is 6.18 Å². The predicted octanol–water partition coefficient (Wildman–Crippen LogP) is 6.52. The first-order valence-electron chi connectivity index (χ1n) is 10.9. The summed E-state index contributed by atoms with van der Waals surface area (Å²) in [7, 11) is 4.06. The van der Waals surface area contributed by atoms with Crippen LogP contribution in [0.3, 0.4) is 0 Å². The normalized spacial score (nSPS) is 11.7. The van der Waals surface area contributed by atoms with Crippen LogP contribution in [0.1, 0.15) is 27.0 Å². The predicted molar refractivity (Wildman–Crippen MR) is 129 cm³/mol. The maximum atomic E-state index is 13.0. The van der Waals surface area contributed by atoms with Crippen LogP contribution in [0.25, 0.3) is 21.9 Å². The Morgan fingerprint density at radius 3 is 2.29 bits per heavy atom. The molecule has 0 fully saturated rings. The third kappa shape index (κ3) is 5.46. The summed E-state index contributed by atoms with van der Waals surface area (Å²) in [5, 5.41) is 5.16. The van der Waals surface area contributed by atoms with Crippen LogP contribution in [-0.4, -0.2) is 24.9 Å². The molecule has 0 bridgehead atoms. The number of hydrogen-bond acceptors (Lipinski definition) is 2. The molecule has 174 valence electrons. The van der Waals surface area contributed by atoms with Gasteiger partial charge in [-0.1, -0.05) is 54.6 Å². The van der Waals surface area contributed by atoms with Gasteiger partial charge in [-0.3, -0.25) is 4.79 Å². The van der Waals surface area contributed by atoms with Gasteiger partial charge in [0.25, 0.3) is 5.91 Å². The fourth-order valence-corrected chi connectivity index (χ4v) is 3.98. The number of amides is 1. The van der Waals surface area contributed by atoms with Crippen molar-refractivity contribution in [2.75, 3.05) is 14.1 Å². The largest absolute Gasteiger partial charge is 0.416 e. The van der Waals surface area contributed by atoms with Crippen LogP contribution in [0.2, 0.25) is 0 Å². The van der Waals surface area contributed by atoms with Crippen LogP contribution in [0.5, 0.6) is 0 Å². The molecular formula is C28H25F3N2O. The molecule has 0 heterocycles. The zero-order valence-corrected chi connectivity index (χ0v) is 19.0. The van der Waals surface area contributed by atoms with E-state index in [1.165, 1.54) is 11.6 Å². The first kappa shape index (κ1) is 23.5. The van der Waals surface area contributed by atoms with Crippen molar-refractivity contribution in [3.63, 3.8) is 0 Å². The standard InChI is InChI=1S/C28H25F3N2O/c1-33(2)18-19-9-14-26-23(15-19)6-3-7-24(26)17-32-27(34)21-12-10-20(11-13-21)22-5-4-8-25(16-22)28(29,30)31/h3-16H,17-18H2,1-2H3,(H,32,34). The topological polar surface area (TPSA) is 32.3 Å². The lowest BCUT2D eigenvalue weighted by atomic mass is 10.0.